The molecule has 0 amide bonds. The summed E-state index contributed by atoms with van der Waals surface area (Å²) >= 11 is 25.2. The fraction of sp³-hybridized carbons (Fsp3) is 0.750. The Hall–Kier alpha value is 5.50. The van der Waals surface area contributed by atoms with Crippen molar-refractivity contribution in [3.05, 3.63) is 6.26 Å². The fourth-order valence-corrected chi connectivity index (χ4v) is 4.37. The Morgan fingerprint density at radius 3 is 0.792 bits per heavy atom. The average Bonchev–Trinajstić information content (AvgIpc) is 3.03. The number of hydrogen-bond acceptors (Lipinski definition) is 19. The van der Waals surface area contributed by atoms with Crippen LogP contribution in [0.25, 0.3) is 0 Å². The van der Waals surface area contributed by atoms with Crippen molar-refractivity contribution in [1.82, 2.24) is 0 Å². The SMILES string of the molecule is [CH2-]SCC(=O)OCC(COCC(COC(=O)CC[S-])(COC(=O)CC[S-])COC(=O)CC[S-])(COC(=O)CC[S-])COC(=O)CC[S-].[Y].[Y].[Y].[Y].[Y].[Y]. The first kappa shape index (κ1) is 72.9. The summed E-state index contributed by atoms with van der Waals surface area (Å²) in [6.45, 7) is -3.28. The first-order valence-corrected chi connectivity index (χ1v) is 18.3. The molecule has 25 heteroatoms. The molecule has 0 N–H and O–H groups in total. The van der Waals surface area contributed by atoms with E-state index in [-0.39, 0.29) is 276 Å². The largest absolute Gasteiger partial charge is 0.792 e. The van der Waals surface area contributed by atoms with Crippen LogP contribution in [-0.4, -0.2) is 123 Å². The molecular formula is C28H40O13S6Y6-6. The van der Waals surface area contributed by atoms with Gasteiger partial charge in [-0.2, -0.15) is 28.8 Å². The summed E-state index contributed by atoms with van der Waals surface area (Å²) in [4.78, 5) is 73.6. The van der Waals surface area contributed by atoms with Gasteiger partial charge in [-0.25, -0.2) is 0 Å². The molecule has 0 atom stereocenters. The molecule has 0 fully saturated rings. The Labute approximate surface area is 496 Å². The van der Waals surface area contributed by atoms with E-state index < -0.39 is 86.3 Å². The van der Waals surface area contributed by atoms with Crippen LogP contribution < -0.4 is 0 Å². The zero-order valence-electron chi connectivity index (χ0n) is 29.4. The molecule has 0 unspecified atom stereocenters. The van der Waals surface area contributed by atoms with Gasteiger partial charge < -0.3 is 108 Å². The smallest absolute Gasteiger partial charge is 0.313 e. The number of carbonyl (C=O) groups is 6. The number of ether oxygens (including phenoxy) is 7. The van der Waals surface area contributed by atoms with Gasteiger partial charge >= 0.3 is 35.8 Å². The minimum absolute atomic E-state index is 0. The van der Waals surface area contributed by atoms with Crippen LogP contribution in [0.5, 0.6) is 0 Å². The van der Waals surface area contributed by atoms with Gasteiger partial charge in [0.05, 0.1) is 29.8 Å². The number of thioether (sulfide) groups is 1. The molecule has 0 spiro atoms. The average molecular weight is 1310 g/mol. The van der Waals surface area contributed by atoms with Crippen LogP contribution in [-0.2, 0) is 321 Å². The van der Waals surface area contributed by atoms with Gasteiger partial charge in [0, 0.05) is 228 Å². The zero-order chi connectivity index (χ0) is 35.6. The summed E-state index contributed by atoms with van der Waals surface area (Å²) in [6.07, 6.45) is 3.14. The van der Waals surface area contributed by atoms with Crippen molar-refractivity contribution in [2.45, 2.75) is 32.1 Å². The van der Waals surface area contributed by atoms with E-state index in [0.717, 1.165) is 11.8 Å². The predicted molar refractivity (Wildman–Crippen MR) is 183 cm³/mol. The third kappa shape index (κ3) is 38.9. The molecule has 290 valence electrons. The van der Waals surface area contributed by atoms with Crippen molar-refractivity contribution in [2.75, 3.05) is 87.4 Å². The predicted octanol–water partition coefficient (Wildman–Crippen LogP) is 0.430. The maximum absolute atomic E-state index is 12.3. The molecule has 0 heterocycles. The van der Waals surface area contributed by atoms with Gasteiger partial charge in [0.1, 0.15) is 39.6 Å². The first-order valence-electron chi connectivity index (χ1n) is 14.2. The van der Waals surface area contributed by atoms with Gasteiger partial charge in [0.2, 0.25) is 0 Å². The molecule has 13 nitrogen and oxygen atoms in total. The minimum atomic E-state index is -1.45. The zero-order valence-corrected chi connectivity index (χ0v) is 51.3. The van der Waals surface area contributed by atoms with Gasteiger partial charge in [-0.3, -0.25) is 35.0 Å². The van der Waals surface area contributed by atoms with E-state index in [0.29, 0.717) is 0 Å². The molecule has 53 heavy (non-hydrogen) atoms. The Bertz CT molecular complexity index is 812. The van der Waals surface area contributed by atoms with E-state index in [1.807, 2.05) is 0 Å². The maximum Gasteiger partial charge on any atom is 0.313 e. The van der Waals surface area contributed by atoms with E-state index in [1.54, 1.807) is 0 Å². The molecule has 0 aliphatic heterocycles. The molecule has 0 bridgehead atoms. The molecule has 0 saturated carbocycles. The normalized spacial score (nSPS) is 10.1. The summed E-state index contributed by atoms with van der Waals surface area (Å²) in [5.74, 6) is -3.53. The third-order valence-corrected chi connectivity index (χ3v) is 7.26. The Kier molecular flexibility index (Phi) is 64.7. The molecule has 0 aromatic heterocycles. The van der Waals surface area contributed by atoms with Crippen LogP contribution in [0.15, 0.2) is 0 Å². The van der Waals surface area contributed by atoms with Crippen molar-refractivity contribution in [3.63, 3.8) is 0 Å². The number of rotatable bonds is 28. The van der Waals surface area contributed by atoms with Crippen molar-refractivity contribution in [3.8, 4) is 0 Å². The fourth-order valence-electron chi connectivity index (χ4n) is 3.29. The standard InChI is InChI=1S/C28H45O13S6.6Y/c1-47-12-26(34)41-20-28(18-39-24(32)5-10-45,19-40-25(33)6-11-46)14-35-13-27(15-36-21(29)2-7-42,16-37-22(30)3-8-43)17-38-23(31)4-9-44;;;;;;/h42-46H,1-20H2;;;;;;/q-1;;;;;;/p-5. The molecule has 0 aromatic carbocycles. The minimum Gasteiger partial charge on any atom is -0.792 e. The van der Waals surface area contributed by atoms with Crippen LogP contribution in [0.2, 0.25) is 0 Å². The van der Waals surface area contributed by atoms with Gasteiger partial charge in [-0.1, -0.05) is 0 Å². The van der Waals surface area contributed by atoms with Gasteiger partial charge in [0.15, 0.2) is 0 Å². The molecule has 0 saturated heterocycles. The summed E-state index contributed by atoms with van der Waals surface area (Å²) in [7, 11) is 0. The summed E-state index contributed by atoms with van der Waals surface area (Å²) in [5, 5.41) is 0. The molecule has 6 radical (unpaired) electrons. The second-order valence-corrected chi connectivity index (χ2v) is 12.8. The molecule has 0 aliphatic rings. The van der Waals surface area contributed by atoms with E-state index >= 15 is 0 Å². The Balaban J connectivity index is -0.000000705. The number of esters is 6. The number of carbonyl (C=O) groups excluding carboxylic acids is 6. The number of hydrogen-bond donors (Lipinski definition) is 0. The van der Waals surface area contributed by atoms with Crippen molar-refractivity contribution in [1.29, 1.82) is 0 Å². The molecular weight excluding hydrogens is 1270 g/mol. The van der Waals surface area contributed by atoms with Gasteiger partial charge in [0.25, 0.3) is 0 Å². The van der Waals surface area contributed by atoms with Crippen LogP contribution in [0.4, 0.5) is 0 Å². The van der Waals surface area contributed by atoms with E-state index in [9.17, 15) is 28.8 Å². The van der Waals surface area contributed by atoms with Crippen molar-refractivity contribution < 1.29 is 258 Å². The second-order valence-electron chi connectivity index (χ2n) is 10.1. The Morgan fingerprint density at radius 2 is 0.604 bits per heavy atom. The monoisotopic (exact) mass is 1310 g/mol. The maximum atomic E-state index is 12.3. The van der Waals surface area contributed by atoms with Crippen LogP contribution in [0, 0.1) is 17.1 Å². The van der Waals surface area contributed by atoms with E-state index in [1.165, 1.54) is 0 Å². The quantitative estimate of drug-likeness (QED) is 0.0458. The van der Waals surface area contributed by atoms with Crippen LogP contribution >= 0.6 is 11.8 Å². The van der Waals surface area contributed by atoms with Crippen LogP contribution in [0.1, 0.15) is 32.1 Å². The van der Waals surface area contributed by atoms with Crippen LogP contribution in [0.3, 0.4) is 0 Å². The van der Waals surface area contributed by atoms with Gasteiger partial charge in [-0.05, 0) is 0 Å². The van der Waals surface area contributed by atoms with E-state index in [4.69, 9.17) is 96.3 Å². The summed E-state index contributed by atoms with van der Waals surface area (Å²) in [6, 6.07) is 0. The first-order chi connectivity index (χ1) is 22.4. The topological polar surface area (TPSA) is 167 Å². The summed E-state index contributed by atoms with van der Waals surface area (Å²) in [5.41, 5.74) is -2.89. The van der Waals surface area contributed by atoms with Gasteiger partial charge in [-0.15, -0.1) is 0 Å². The second kappa shape index (κ2) is 47.0. The third-order valence-electron chi connectivity index (χ3n) is 5.80. The summed E-state index contributed by atoms with van der Waals surface area (Å²) < 4.78 is 38.4. The van der Waals surface area contributed by atoms with Crippen molar-refractivity contribution in [2.24, 2.45) is 10.8 Å². The molecule has 0 aliphatic carbocycles. The molecule has 0 aromatic rings. The Morgan fingerprint density at radius 1 is 0.396 bits per heavy atom. The molecule has 0 rings (SSSR count). The van der Waals surface area contributed by atoms with E-state index in [2.05, 4.69) is 6.26 Å². The van der Waals surface area contributed by atoms with Crippen molar-refractivity contribution >= 4 is 111 Å².